The van der Waals surface area contributed by atoms with Crippen LogP contribution in [0.25, 0.3) is 0 Å². The maximum atomic E-state index is 10.5. The predicted molar refractivity (Wildman–Crippen MR) is 35.3 cm³/mol. The van der Waals surface area contributed by atoms with Gasteiger partial charge in [-0.05, 0) is 6.42 Å². The van der Waals surface area contributed by atoms with E-state index in [2.05, 4.69) is 9.44 Å². The molecule has 0 aliphatic rings. The fourth-order valence-corrected chi connectivity index (χ4v) is 0.887. The monoisotopic (exact) mass is 151 g/mol. The summed E-state index contributed by atoms with van der Waals surface area (Å²) in [6, 6.07) is 0. The molecule has 55 valence electrons. The Morgan fingerprint density at radius 1 is 1.56 bits per heavy atom. The van der Waals surface area contributed by atoms with Crippen LogP contribution in [0.5, 0.6) is 0 Å². The van der Waals surface area contributed by atoms with E-state index in [0.29, 0.717) is 6.54 Å². The van der Waals surface area contributed by atoms with Crippen LogP contribution in [-0.4, -0.2) is 22.0 Å². The van der Waals surface area contributed by atoms with Crippen molar-refractivity contribution in [2.24, 2.45) is 0 Å². The normalized spacial score (nSPS) is 11.8. The molecule has 0 aliphatic carbocycles. The molecule has 4 nitrogen and oxygen atoms in total. The molecule has 0 bridgehead atoms. The summed E-state index contributed by atoms with van der Waals surface area (Å²) >= 11 is 0. The Morgan fingerprint density at radius 2 is 2.11 bits per heavy atom. The van der Waals surface area contributed by atoms with E-state index in [1.54, 1.807) is 0 Å². The molecular formula is C4H11N2O2S. The molecule has 1 radical (unpaired) electrons. The van der Waals surface area contributed by atoms with Crippen molar-refractivity contribution in [1.29, 1.82) is 0 Å². The van der Waals surface area contributed by atoms with Gasteiger partial charge in [0.1, 0.15) is 0 Å². The van der Waals surface area contributed by atoms with Crippen molar-refractivity contribution in [3.63, 3.8) is 0 Å². The lowest BCUT2D eigenvalue weighted by Gasteiger charge is -1.98. The molecule has 9 heavy (non-hydrogen) atoms. The van der Waals surface area contributed by atoms with Gasteiger partial charge in [-0.15, -0.1) is 4.72 Å². The third-order valence-corrected chi connectivity index (χ3v) is 1.82. The Labute approximate surface area is 55.8 Å². The summed E-state index contributed by atoms with van der Waals surface area (Å²) in [4.78, 5) is 0. The molecule has 0 amide bonds. The van der Waals surface area contributed by atoms with E-state index in [-0.39, 0.29) is 0 Å². The van der Waals surface area contributed by atoms with Crippen molar-refractivity contribution in [3.05, 3.63) is 0 Å². The third kappa shape index (κ3) is 4.38. The first-order valence-electron chi connectivity index (χ1n) is 2.73. The summed E-state index contributed by atoms with van der Waals surface area (Å²) in [6.07, 6.45) is 0.786. The van der Waals surface area contributed by atoms with Gasteiger partial charge in [-0.25, -0.2) is 4.72 Å². The van der Waals surface area contributed by atoms with E-state index in [1.165, 1.54) is 7.05 Å². The maximum absolute atomic E-state index is 10.5. The Morgan fingerprint density at radius 3 is 2.44 bits per heavy atom. The molecule has 0 saturated heterocycles. The van der Waals surface area contributed by atoms with Crippen molar-refractivity contribution in [3.8, 4) is 0 Å². The van der Waals surface area contributed by atoms with Crippen LogP contribution in [0.15, 0.2) is 0 Å². The van der Waals surface area contributed by atoms with Gasteiger partial charge < -0.3 is 0 Å². The number of hydrogen-bond donors (Lipinski definition) is 1. The molecule has 0 fully saturated rings. The van der Waals surface area contributed by atoms with Gasteiger partial charge in [0.25, 0.3) is 10.2 Å². The van der Waals surface area contributed by atoms with E-state index in [4.69, 9.17) is 0 Å². The summed E-state index contributed by atoms with van der Waals surface area (Å²) < 4.78 is 26.3. The van der Waals surface area contributed by atoms with Crippen LogP contribution in [0.3, 0.4) is 0 Å². The van der Waals surface area contributed by atoms with Gasteiger partial charge >= 0.3 is 0 Å². The highest BCUT2D eigenvalue weighted by atomic mass is 32.2. The van der Waals surface area contributed by atoms with Gasteiger partial charge in [-0.1, -0.05) is 6.92 Å². The van der Waals surface area contributed by atoms with Crippen molar-refractivity contribution in [2.75, 3.05) is 13.6 Å². The van der Waals surface area contributed by atoms with Gasteiger partial charge in [0.15, 0.2) is 0 Å². The zero-order valence-electron chi connectivity index (χ0n) is 5.59. The molecule has 0 aliphatic heterocycles. The summed E-state index contributed by atoms with van der Waals surface area (Å²) in [7, 11) is -2.06. The number of hydrogen-bond acceptors (Lipinski definition) is 2. The Kier molecular flexibility index (Phi) is 3.76. The molecule has 1 N–H and O–H groups in total. The van der Waals surface area contributed by atoms with E-state index in [9.17, 15) is 8.42 Å². The molecule has 0 unspecified atom stereocenters. The molecule has 0 heterocycles. The Hall–Kier alpha value is -0.130. The van der Waals surface area contributed by atoms with Gasteiger partial charge in [0.2, 0.25) is 0 Å². The zero-order chi connectivity index (χ0) is 7.33. The smallest absolute Gasteiger partial charge is 0.201 e. The average Bonchev–Trinajstić information content (AvgIpc) is 1.84. The highest BCUT2D eigenvalue weighted by molar-refractivity contribution is 7.87. The number of nitrogens with zero attached hydrogens (tertiary/aromatic N) is 1. The van der Waals surface area contributed by atoms with Crippen LogP contribution in [0.4, 0.5) is 0 Å². The lowest BCUT2D eigenvalue weighted by Crippen LogP contribution is -2.30. The molecule has 0 spiro atoms. The van der Waals surface area contributed by atoms with E-state index < -0.39 is 10.2 Å². The summed E-state index contributed by atoms with van der Waals surface area (Å²) in [5.41, 5.74) is 0. The minimum absolute atomic E-state index is 0.458. The van der Waals surface area contributed by atoms with Gasteiger partial charge in [-0.3, -0.25) is 0 Å². The molecule has 0 aromatic carbocycles. The second-order valence-electron chi connectivity index (χ2n) is 1.55. The van der Waals surface area contributed by atoms with Crippen molar-refractivity contribution < 1.29 is 8.42 Å². The standard InChI is InChI=1S/C4H11N2O2S/c1-3-4-6-9(7,8)5-2/h6H,3-4H2,1-2H3. The maximum Gasteiger partial charge on any atom is 0.293 e. The minimum atomic E-state index is -3.31. The lowest BCUT2D eigenvalue weighted by molar-refractivity contribution is 0.571. The fraction of sp³-hybridized carbons (Fsp3) is 1.00. The van der Waals surface area contributed by atoms with Gasteiger partial charge in [0.05, 0.1) is 0 Å². The average molecular weight is 151 g/mol. The molecule has 0 rings (SSSR count). The first-order valence-corrected chi connectivity index (χ1v) is 4.17. The lowest BCUT2D eigenvalue weighted by atomic mass is 10.5. The van der Waals surface area contributed by atoms with Crippen LogP contribution in [0, 0.1) is 0 Å². The van der Waals surface area contributed by atoms with E-state index in [1.807, 2.05) is 6.92 Å². The van der Waals surface area contributed by atoms with E-state index in [0.717, 1.165) is 6.42 Å². The highest BCUT2D eigenvalue weighted by Gasteiger charge is 2.03. The van der Waals surface area contributed by atoms with Crippen molar-refractivity contribution >= 4 is 10.2 Å². The second kappa shape index (κ2) is 3.81. The van der Waals surface area contributed by atoms with Crippen LogP contribution in [0.2, 0.25) is 0 Å². The van der Waals surface area contributed by atoms with Crippen LogP contribution in [0.1, 0.15) is 13.3 Å². The fourth-order valence-electron chi connectivity index (χ4n) is 0.296. The van der Waals surface area contributed by atoms with Crippen LogP contribution >= 0.6 is 0 Å². The zero-order valence-corrected chi connectivity index (χ0v) is 6.40. The van der Waals surface area contributed by atoms with E-state index >= 15 is 0 Å². The largest absolute Gasteiger partial charge is 0.293 e. The predicted octanol–water partition coefficient (Wildman–Crippen LogP) is -0.535. The molecule has 0 aromatic rings. The third-order valence-electron chi connectivity index (χ3n) is 0.775. The second-order valence-corrected chi connectivity index (χ2v) is 3.16. The Bertz CT molecular complexity index is 152. The molecule has 0 saturated carbocycles. The summed E-state index contributed by atoms with van der Waals surface area (Å²) in [5, 5.41) is 0. The molecular weight excluding hydrogens is 140 g/mol. The quantitative estimate of drug-likeness (QED) is 0.587. The SMILES string of the molecule is CCCNS(=O)(=O)[N]C. The Balaban J connectivity index is 3.61. The molecule has 0 atom stereocenters. The topological polar surface area (TPSA) is 60.3 Å². The van der Waals surface area contributed by atoms with Gasteiger partial charge in [0, 0.05) is 13.6 Å². The minimum Gasteiger partial charge on any atom is -0.201 e. The van der Waals surface area contributed by atoms with Crippen LogP contribution < -0.4 is 9.44 Å². The number of nitrogens with one attached hydrogen (secondary N) is 1. The van der Waals surface area contributed by atoms with Crippen LogP contribution in [-0.2, 0) is 10.2 Å². The summed E-state index contributed by atoms with van der Waals surface area (Å²) in [5.74, 6) is 0. The van der Waals surface area contributed by atoms with Crippen molar-refractivity contribution in [1.82, 2.24) is 9.44 Å². The van der Waals surface area contributed by atoms with Crippen molar-refractivity contribution in [2.45, 2.75) is 13.3 Å². The summed E-state index contributed by atoms with van der Waals surface area (Å²) in [6.45, 7) is 2.35. The molecule has 0 aromatic heterocycles. The molecule has 5 heteroatoms. The first kappa shape index (κ1) is 8.87. The van der Waals surface area contributed by atoms with Gasteiger partial charge in [-0.2, -0.15) is 8.42 Å². The highest BCUT2D eigenvalue weighted by Crippen LogP contribution is 1.76. The first-order chi connectivity index (χ1) is 4.12. The number of rotatable bonds is 4.